The number of nitrogens with two attached hydrogens (primary N) is 1. The average Bonchev–Trinajstić information content (AvgIpc) is 3.17. The van der Waals surface area contributed by atoms with Gasteiger partial charge in [0.1, 0.15) is 5.60 Å². The first-order valence-corrected chi connectivity index (χ1v) is 12.3. The number of hydrogen-bond donors (Lipinski definition) is 3. The van der Waals surface area contributed by atoms with Crippen LogP contribution in [0.3, 0.4) is 0 Å². The molecule has 4 saturated carbocycles. The molecule has 4 bridgehead atoms. The molecular weight excluding hydrogens is 450 g/mol. The second kappa shape index (κ2) is 9.20. The zero-order valence-electron chi connectivity index (χ0n) is 21.2. The summed E-state index contributed by atoms with van der Waals surface area (Å²) in [5, 5.41) is 10.5. The normalized spacial score (nSPS) is 29.4. The number of ether oxygens (including phenoxy) is 2. The van der Waals surface area contributed by atoms with Crippen LogP contribution in [0.5, 0.6) is 0 Å². The van der Waals surface area contributed by atoms with Crippen molar-refractivity contribution in [2.45, 2.75) is 82.9 Å². The summed E-state index contributed by atoms with van der Waals surface area (Å²) in [6.45, 7) is 7.72. The van der Waals surface area contributed by atoms with Crippen molar-refractivity contribution in [1.29, 1.82) is 0 Å². The minimum atomic E-state index is -0.709. The van der Waals surface area contributed by atoms with E-state index in [1.165, 1.54) is 7.11 Å². The van der Waals surface area contributed by atoms with Gasteiger partial charge in [-0.2, -0.15) is 5.10 Å². The van der Waals surface area contributed by atoms with Gasteiger partial charge >= 0.3 is 12.2 Å². The van der Waals surface area contributed by atoms with Gasteiger partial charge in [0.05, 0.1) is 30.1 Å². The van der Waals surface area contributed by atoms with Crippen LogP contribution in [-0.2, 0) is 9.47 Å². The third-order valence-corrected chi connectivity index (χ3v) is 7.70. The highest BCUT2D eigenvalue weighted by atomic mass is 16.6. The maximum atomic E-state index is 13.5. The lowest BCUT2D eigenvalue weighted by Crippen LogP contribution is -2.63. The highest BCUT2D eigenvalue weighted by molar-refractivity contribution is 5.95. The van der Waals surface area contributed by atoms with Crippen molar-refractivity contribution < 1.29 is 23.9 Å². The van der Waals surface area contributed by atoms with E-state index in [9.17, 15) is 14.4 Å². The third kappa shape index (κ3) is 5.16. The lowest BCUT2D eigenvalue weighted by atomic mass is 9.52. The van der Waals surface area contributed by atoms with Crippen molar-refractivity contribution in [2.75, 3.05) is 7.11 Å². The van der Waals surface area contributed by atoms with E-state index in [-0.39, 0.29) is 29.7 Å². The van der Waals surface area contributed by atoms with Crippen LogP contribution in [0.25, 0.3) is 6.20 Å². The number of hydrogen-bond acceptors (Lipinski definition) is 6. The van der Waals surface area contributed by atoms with Gasteiger partial charge < -0.3 is 25.8 Å². The molecule has 35 heavy (non-hydrogen) atoms. The minimum Gasteiger partial charge on any atom is -0.453 e. The maximum Gasteiger partial charge on any atom is 0.407 e. The lowest BCUT2D eigenvalue weighted by molar-refractivity contribution is -0.137. The molecular formula is C25H37N5O5. The van der Waals surface area contributed by atoms with Crippen molar-refractivity contribution >= 4 is 24.3 Å². The molecule has 4 fully saturated rings. The zero-order chi connectivity index (χ0) is 25.5. The van der Waals surface area contributed by atoms with Crippen LogP contribution < -0.4 is 16.4 Å². The van der Waals surface area contributed by atoms with Gasteiger partial charge in [-0.25, -0.2) is 14.3 Å². The molecule has 192 valence electrons. The van der Waals surface area contributed by atoms with Gasteiger partial charge in [0.2, 0.25) is 0 Å². The summed E-state index contributed by atoms with van der Waals surface area (Å²) in [6.07, 6.45) is 8.37. The van der Waals surface area contributed by atoms with E-state index in [0.29, 0.717) is 11.5 Å². The van der Waals surface area contributed by atoms with Gasteiger partial charge in [-0.1, -0.05) is 13.8 Å². The molecule has 10 nitrogen and oxygen atoms in total. The van der Waals surface area contributed by atoms with E-state index >= 15 is 0 Å². The summed E-state index contributed by atoms with van der Waals surface area (Å²) in [7, 11) is 1.32. The number of rotatable bonds is 7. The summed E-state index contributed by atoms with van der Waals surface area (Å²) in [6, 6.07) is 0.0470. The van der Waals surface area contributed by atoms with Gasteiger partial charge in [-0.3, -0.25) is 4.79 Å². The van der Waals surface area contributed by atoms with Crippen LogP contribution in [0, 0.1) is 17.8 Å². The molecule has 4 aliphatic carbocycles. The third-order valence-electron chi connectivity index (χ3n) is 7.70. The molecule has 4 aliphatic rings. The molecule has 0 saturated heterocycles. The molecule has 2 atom stereocenters. The molecule has 0 spiro atoms. The lowest BCUT2D eigenvalue weighted by Gasteiger charge is -2.58. The fraction of sp³-hybridized carbons (Fsp3) is 0.680. The molecule has 1 aromatic rings. The second-order valence-corrected chi connectivity index (χ2v) is 11.3. The number of methoxy groups -OCH3 is 1. The first-order chi connectivity index (χ1) is 16.4. The standard InChI is InChI=1S/C25H37N5O5/c1-14(2)20-18(13-27-30(20)7-6-24(3,4)29-23(33)34-5)21(31)28-19-16-8-15-9-17(19)12-25(10-15,11-16)35-22(26)32/h6-7,13-17,19H,8-12H2,1-5H3,(H2,26,32)(H,28,31)(H,29,33). The largest absolute Gasteiger partial charge is 0.453 e. The van der Waals surface area contributed by atoms with Gasteiger partial charge in [-0.05, 0) is 75.7 Å². The number of alkyl carbamates (subject to hydrolysis) is 1. The molecule has 0 aromatic carbocycles. The minimum absolute atomic E-state index is 0.0466. The van der Waals surface area contributed by atoms with E-state index in [4.69, 9.17) is 10.5 Å². The van der Waals surface area contributed by atoms with Crippen molar-refractivity contribution in [3.63, 3.8) is 0 Å². The Morgan fingerprint density at radius 2 is 1.89 bits per heavy atom. The number of amides is 3. The fourth-order valence-electron chi connectivity index (χ4n) is 6.61. The van der Waals surface area contributed by atoms with E-state index in [1.54, 1.807) is 23.2 Å². The first-order valence-electron chi connectivity index (χ1n) is 12.3. The number of aromatic nitrogens is 2. The number of primary amides is 1. The van der Waals surface area contributed by atoms with Crippen LogP contribution in [-0.4, -0.2) is 52.2 Å². The summed E-state index contributed by atoms with van der Waals surface area (Å²) in [5.74, 6) is 0.966. The number of nitrogens with zero attached hydrogens (tertiary/aromatic N) is 2. The molecule has 5 rings (SSSR count). The molecule has 10 heteroatoms. The van der Waals surface area contributed by atoms with E-state index in [1.807, 2.05) is 27.7 Å². The van der Waals surface area contributed by atoms with Crippen molar-refractivity contribution in [2.24, 2.45) is 23.5 Å². The van der Waals surface area contributed by atoms with E-state index in [0.717, 1.165) is 37.8 Å². The molecule has 3 amide bonds. The number of carbonyl (C=O) groups is 3. The van der Waals surface area contributed by atoms with Gasteiger partial charge in [-0.15, -0.1) is 0 Å². The van der Waals surface area contributed by atoms with Crippen molar-refractivity contribution in [1.82, 2.24) is 20.4 Å². The van der Waals surface area contributed by atoms with Crippen LogP contribution >= 0.6 is 0 Å². The maximum absolute atomic E-state index is 13.5. The quantitative estimate of drug-likeness (QED) is 0.539. The fourth-order valence-corrected chi connectivity index (χ4v) is 6.61. The molecule has 4 N–H and O–H groups in total. The summed E-state index contributed by atoms with van der Waals surface area (Å²) in [4.78, 5) is 36.6. The number of carbonyl (C=O) groups excluding carboxylic acids is 3. The topological polar surface area (TPSA) is 138 Å². The van der Waals surface area contributed by atoms with Gasteiger partial charge in [0.25, 0.3) is 5.91 Å². The van der Waals surface area contributed by atoms with E-state index < -0.39 is 23.3 Å². The molecule has 0 aliphatic heterocycles. The van der Waals surface area contributed by atoms with Crippen LogP contribution in [0.2, 0.25) is 0 Å². The Bertz CT molecular complexity index is 1010. The molecule has 2 unspecified atom stereocenters. The van der Waals surface area contributed by atoms with Crippen LogP contribution in [0.1, 0.15) is 81.8 Å². The summed E-state index contributed by atoms with van der Waals surface area (Å²) in [5.41, 5.74) is 5.57. The Hall–Kier alpha value is -3.04. The molecule has 1 heterocycles. The van der Waals surface area contributed by atoms with Crippen molar-refractivity contribution in [3.8, 4) is 0 Å². The van der Waals surface area contributed by atoms with Gasteiger partial charge in [0, 0.05) is 12.2 Å². The van der Waals surface area contributed by atoms with Crippen LogP contribution in [0.4, 0.5) is 9.59 Å². The van der Waals surface area contributed by atoms with Crippen molar-refractivity contribution in [3.05, 3.63) is 23.5 Å². The SMILES string of the molecule is COC(=O)NC(C)(C)C=Cn1ncc(C(=O)NC2C3CC4CC2CC(OC(N)=O)(C4)C3)c1C(C)C. The Morgan fingerprint density at radius 3 is 2.46 bits per heavy atom. The van der Waals surface area contributed by atoms with Crippen LogP contribution in [0.15, 0.2) is 12.3 Å². The first kappa shape index (κ1) is 25.1. The smallest absolute Gasteiger partial charge is 0.407 e. The second-order valence-electron chi connectivity index (χ2n) is 11.3. The Balaban J connectivity index is 1.50. The molecule has 1 aromatic heterocycles. The monoisotopic (exact) mass is 487 g/mol. The van der Waals surface area contributed by atoms with Gasteiger partial charge in [0.15, 0.2) is 0 Å². The molecule has 0 radical (unpaired) electrons. The Kier molecular flexibility index (Phi) is 6.59. The Labute approximate surface area is 206 Å². The highest BCUT2D eigenvalue weighted by Crippen LogP contribution is 2.57. The summed E-state index contributed by atoms with van der Waals surface area (Å²) >= 11 is 0. The zero-order valence-corrected chi connectivity index (χ0v) is 21.2. The highest BCUT2D eigenvalue weighted by Gasteiger charge is 2.57. The number of nitrogens with one attached hydrogen (secondary N) is 2. The average molecular weight is 488 g/mol. The Morgan fingerprint density at radius 1 is 1.23 bits per heavy atom. The van der Waals surface area contributed by atoms with E-state index in [2.05, 4.69) is 20.5 Å². The predicted molar refractivity (Wildman–Crippen MR) is 129 cm³/mol. The summed E-state index contributed by atoms with van der Waals surface area (Å²) < 4.78 is 12.0. The predicted octanol–water partition coefficient (Wildman–Crippen LogP) is 3.38.